The molecule has 0 spiro atoms. The maximum atomic E-state index is 14.0. The number of rotatable bonds is 7. The molecule has 0 saturated heterocycles. The van der Waals surface area contributed by atoms with Crippen molar-refractivity contribution in [1.29, 1.82) is 0 Å². The molecular weight excluding hydrogens is 390 g/mol. The molecule has 8 heteroatoms. The summed E-state index contributed by atoms with van der Waals surface area (Å²) in [5.74, 6) is -0.575. The average molecular weight is 410 g/mol. The van der Waals surface area contributed by atoms with Crippen LogP contribution in [-0.4, -0.2) is 26.1 Å². The van der Waals surface area contributed by atoms with Crippen LogP contribution in [0.15, 0.2) is 53.6 Å². The molecule has 2 aromatic carbocycles. The van der Waals surface area contributed by atoms with Gasteiger partial charge in [0, 0.05) is 6.54 Å². The minimum Gasteiger partial charge on any atom is -0.494 e. The van der Waals surface area contributed by atoms with E-state index in [0.717, 1.165) is 42.4 Å². The Bertz CT molecular complexity index is 1230. The second-order valence-electron chi connectivity index (χ2n) is 6.93. The van der Waals surface area contributed by atoms with Gasteiger partial charge in [-0.2, -0.15) is 0 Å². The number of imidazole rings is 1. The second-order valence-corrected chi connectivity index (χ2v) is 6.93. The lowest BCUT2D eigenvalue weighted by Gasteiger charge is -2.08. The fourth-order valence-corrected chi connectivity index (χ4v) is 3.13. The maximum absolute atomic E-state index is 14.0. The van der Waals surface area contributed by atoms with E-state index in [0.29, 0.717) is 13.2 Å². The lowest BCUT2D eigenvalue weighted by Crippen LogP contribution is -2.14. The summed E-state index contributed by atoms with van der Waals surface area (Å²) in [6.07, 6.45) is 3.58. The summed E-state index contributed by atoms with van der Waals surface area (Å²) >= 11 is 0. The van der Waals surface area contributed by atoms with Crippen LogP contribution < -0.4 is 10.3 Å². The number of nitrogens with one attached hydrogen (secondary N) is 1. The first-order chi connectivity index (χ1) is 14.5. The molecule has 0 aliphatic carbocycles. The van der Waals surface area contributed by atoms with Gasteiger partial charge in [-0.1, -0.05) is 25.5 Å². The zero-order valence-electron chi connectivity index (χ0n) is 16.4. The molecule has 4 rings (SSSR count). The van der Waals surface area contributed by atoms with Crippen molar-refractivity contribution in [3.05, 3.63) is 76.3 Å². The van der Waals surface area contributed by atoms with Gasteiger partial charge in [-0.15, -0.1) is 0 Å². The number of hydrogen-bond donors (Lipinski definition) is 1. The highest BCUT2D eigenvalue weighted by Gasteiger charge is 2.15. The van der Waals surface area contributed by atoms with E-state index < -0.39 is 17.2 Å². The number of aromatic amines is 1. The van der Waals surface area contributed by atoms with Crippen LogP contribution in [0.3, 0.4) is 0 Å². The van der Waals surface area contributed by atoms with Crippen molar-refractivity contribution in [2.24, 2.45) is 0 Å². The first-order valence-electron chi connectivity index (χ1n) is 9.67. The van der Waals surface area contributed by atoms with E-state index in [1.165, 1.54) is 6.33 Å². The number of H-pyrrole nitrogens is 1. The van der Waals surface area contributed by atoms with E-state index in [4.69, 9.17) is 4.74 Å². The number of hydrogen-bond acceptors (Lipinski definition) is 4. The Hall–Kier alpha value is -3.55. The number of ether oxygens (including phenoxy) is 1. The van der Waals surface area contributed by atoms with Crippen LogP contribution in [0.4, 0.5) is 8.78 Å². The Morgan fingerprint density at radius 3 is 2.70 bits per heavy atom. The number of nitrogens with zero attached hydrogens (tertiary/aromatic N) is 3. The highest BCUT2D eigenvalue weighted by atomic mass is 19.1. The average Bonchev–Trinajstić information content (AvgIpc) is 3.14. The summed E-state index contributed by atoms with van der Waals surface area (Å²) in [5.41, 5.74) is 0.783. The van der Waals surface area contributed by atoms with E-state index in [9.17, 15) is 13.6 Å². The predicted molar refractivity (Wildman–Crippen MR) is 109 cm³/mol. The molecular formula is C22H20F2N4O2. The van der Waals surface area contributed by atoms with Crippen molar-refractivity contribution < 1.29 is 13.5 Å². The van der Waals surface area contributed by atoms with Crippen LogP contribution in [0.2, 0.25) is 0 Å². The highest BCUT2D eigenvalue weighted by Crippen LogP contribution is 2.21. The number of unbranched alkanes of at least 4 members (excludes halogenated alkanes) is 1. The fraction of sp³-hybridized carbons (Fsp3) is 0.227. The molecule has 2 aromatic heterocycles. The molecule has 0 unspecified atom stereocenters. The number of benzene rings is 2. The van der Waals surface area contributed by atoms with Crippen LogP contribution in [0.1, 0.15) is 25.3 Å². The third-order valence-electron chi connectivity index (χ3n) is 4.71. The van der Waals surface area contributed by atoms with E-state index in [1.54, 1.807) is 4.57 Å². The summed E-state index contributed by atoms with van der Waals surface area (Å²) in [6, 6.07) is 10.6. The molecule has 0 atom stereocenters. The normalized spacial score (nSPS) is 11.2. The van der Waals surface area contributed by atoms with Gasteiger partial charge in [-0.05, 0) is 42.3 Å². The fourth-order valence-electron chi connectivity index (χ4n) is 3.13. The molecule has 1 N–H and O–H groups in total. The molecule has 0 amide bonds. The lowest BCUT2D eigenvalue weighted by atomic mass is 10.2. The maximum Gasteiger partial charge on any atom is 0.277 e. The largest absolute Gasteiger partial charge is 0.494 e. The molecule has 0 radical (unpaired) electrons. The minimum atomic E-state index is -0.681. The van der Waals surface area contributed by atoms with Gasteiger partial charge in [-0.25, -0.2) is 18.7 Å². The van der Waals surface area contributed by atoms with Crippen LogP contribution in [0, 0.1) is 11.6 Å². The van der Waals surface area contributed by atoms with Crippen molar-refractivity contribution >= 4 is 11.2 Å². The molecule has 0 fully saturated rings. The molecule has 0 aliphatic heterocycles. The third kappa shape index (κ3) is 4.07. The summed E-state index contributed by atoms with van der Waals surface area (Å²) in [7, 11) is 0. The summed E-state index contributed by atoms with van der Waals surface area (Å²) < 4.78 is 34.9. The monoisotopic (exact) mass is 410 g/mol. The van der Waals surface area contributed by atoms with Gasteiger partial charge >= 0.3 is 0 Å². The van der Waals surface area contributed by atoms with Gasteiger partial charge in [0.15, 0.2) is 11.2 Å². The van der Waals surface area contributed by atoms with Crippen molar-refractivity contribution in [2.45, 2.75) is 26.3 Å². The quantitative estimate of drug-likeness (QED) is 0.461. The van der Waals surface area contributed by atoms with Gasteiger partial charge in [-0.3, -0.25) is 4.79 Å². The predicted octanol–water partition coefficient (Wildman–Crippen LogP) is 4.29. The van der Waals surface area contributed by atoms with Crippen LogP contribution in [0.25, 0.3) is 22.6 Å². The zero-order chi connectivity index (χ0) is 21.1. The van der Waals surface area contributed by atoms with Gasteiger partial charge in [0.2, 0.25) is 0 Å². The molecule has 0 saturated carbocycles. The number of halogens is 2. The van der Waals surface area contributed by atoms with Gasteiger partial charge < -0.3 is 14.3 Å². The molecule has 4 aromatic rings. The van der Waals surface area contributed by atoms with E-state index in [1.807, 2.05) is 24.3 Å². The molecule has 2 heterocycles. The molecule has 30 heavy (non-hydrogen) atoms. The molecule has 0 aliphatic rings. The standard InChI is InChI=1S/C22H20F2N4O2/c1-2-3-10-30-16-7-4-14(5-8-16)12-28-13-25-21-19(28)22(29)27-20(26-21)17-11-15(23)6-9-18(17)24/h4-9,11,13H,2-3,10,12H2,1H3,(H,26,27,29). The zero-order valence-corrected chi connectivity index (χ0v) is 16.4. The highest BCUT2D eigenvalue weighted by molar-refractivity contribution is 5.73. The Morgan fingerprint density at radius 1 is 1.13 bits per heavy atom. The first-order valence-corrected chi connectivity index (χ1v) is 9.67. The molecule has 154 valence electrons. The van der Waals surface area contributed by atoms with Crippen LogP contribution >= 0.6 is 0 Å². The van der Waals surface area contributed by atoms with Crippen molar-refractivity contribution in [3.8, 4) is 17.1 Å². The SMILES string of the molecule is CCCCOc1ccc(Cn2cnc3nc(-c4cc(F)ccc4F)[nH]c(=O)c32)cc1. The molecule has 6 nitrogen and oxygen atoms in total. The van der Waals surface area contributed by atoms with E-state index in [-0.39, 0.29) is 22.6 Å². The Morgan fingerprint density at radius 2 is 1.93 bits per heavy atom. The van der Waals surface area contributed by atoms with Crippen LogP contribution in [-0.2, 0) is 6.54 Å². The van der Waals surface area contributed by atoms with Crippen molar-refractivity contribution in [1.82, 2.24) is 19.5 Å². The number of aromatic nitrogens is 4. The van der Waals surface area contributed by atoms with Crippen LogP contribution in [0.5, 0.6) is 5.75 Å². The first kappa shape index (κ1) is 19.8. The second kappa shape index (κ2) is 8.44. The summed E-state index contributed by atoms with van der Waals surface area (Å²) in [5, 5.41) is 0. The third-order valence-corrected chi connectivity index (χ3v) is 4.71. The minimum absolute atomic E-state index is 0.0664. The van der Waals surface area contributed by atoms with Gasteiger partial charge in [0.1, 0.15) is 23.2 Å². The summed E-state index contributed by atoms with van der Waals surface area (Å²) in [6.45, 7) is 3.19. The van der Waals surface area contributed by atoms with Gasteiger partial charge in [0.05, 0.1) is 18.5 Å². The number of fused-ring (bicyclic) bond motifs is 1. The van der Waals surface area contributed by atoms with Crippen molar-refractivity contribution in [3.63, 3.8) is 0 Å². The van der Waals surface area contributed by atoms with Crippen molar-refractivity contribution in [2.75, 3.05) is 6.61 Å². The smallest absolute Gasteiger partial charge is 0.277 e. The van der Waals surface area contributed by atoms with Gasteiger partial charge in [0.25, 0.3) is 5.56 Å². The Kier molecular flexibility index (Phi) is 5.56. The Labute approximate surface area is 171 Å². The summed E-state index contributed by atoms with van der Waals surface area (Å²) in [4.78, 5) is 23.6. The van der Waals surface area contributed by atoms with E-state index in [2.05, 4.69) is 21.9 Å². The topological polar surface area (TPSA) is 72.8 Å². The van der Waals surface area contributed by atoms with E-state index >= 15 is 0 Å². The molecule has 0 bridgehead atoms. The Balaban J connectivity index is 1.61. The lowest BCUT2D eigenvalue weighted by molar-refractivity contribution is 0.309.